The van der Waals surface area contributed by atoms with Crippen molar-refractivity contribution >= 4 is 5.97 Å². The topological polar surface area (TPSA) is 70.2 Å². The van der Waals surface area contributed by atoms with Crippen molar-refractivity contribution in [2.45, 2.75) is 13.3 Å². The second-order valence-corrected chi connectivity index (χ2v) is 2.54. The lowest BCUT2D eigenvalue weighted by molar-refractivity contribution is -0.136. The minimum atomic E-state index is -0.898. The van der Waals surface area contributed by atoms with E-state index in [1.165, 1.54) is 12.1 Å². The molecule has 0 aliphatic rings. The molecule has 4 nitrogen and oxygen atoms in total. The number of rotatable bonds is 2. The second-order valence-electron chi connectivity index (χ2n) is 2.54. The van der Waals surface area contributed by atoms with Gasteiger partial charge in [0.2, 0.25) is 5.56 Å². The molecule has 0 bridgehead atoms. The molecule has 2 N–H and O–H groups in total. The largest absolute Gasteiger partial charge is 0.481 e. The van der Waals surface area contributed by atoms with Crippen LogP contribution < -0.4 is 5.56 Å². The zero-order valence-electron chi connectivity index (χ0n) is 6.63. The molecule has 1 aromatic rings. The molecule has 0 aromatic carbocycles. The highest BCUT2D eigenvalue weighted by Crippen LogP contribution is 2.01. The molecular weight excluding hydrogens is 158 g/mol. The lowest BCUT2D eigenvalue weighted by atomic mass is 10.1. The van der Waals surface area contributed by atoms with Crippen molar-refractivity contribution < 1.29 is 9.90 Å². The molecule has 4 heteroatoms. The van der Waals surface area contributed by atoms with E-state index >= 15 is 0 Å². The highest BCUT2D eigenvalue weighted by molar-refractivity contribution is 5.70. The average molecular weight is 167 g/mol. The number of carbonyl (C=O) groups is 1. The standard InChI is InChI=1S/C8H9NO3/c1-5-6(4-8(11)12)2-3-7(10)9-5/h2-3H,4H2,1H3,(H,9,10)(H,11,12). The maximum Gasteiger partial charge on any atom is 0.307 e. The van der Waals surface area contributed by atoms with Crippen molar-refractivity contribution in [2.75, 3.05) is 0 Å². The van der Waals surface area contributed by atoms with Crippen LogP contribution in [0.25, 0.3) is 0 Å². The van der Waals surface area contributed by atoms with Crippen molar-refractivity contribution in [3.63, 3.8) is 0 Å². The van der Waals surface area contributed by atoms with Gasteiger partial charge < -0.3 is 10.1 Å². The number of pyridine rings is 1. The van der Waals surface area contributed by atoms with Gasteiger partial charge in [-0.25, -0.2) is 0 Å². The molecule has 0 radical (unpaired) electrons. The molecule has 12 heavy (non-hydrogen) atoms. The van der Waals surface area contributed by atoms with Gasteiger partial charge >= 0.3 is 5.97 Å². The third-order valence-electron chi connectivity index (χ3n) is 1.57. The van der Waals surface area contributed by atoms with Gasteiger partial charge in [-0.15, -0.1) is 0 Å². The van der Waals surface area contributed by atoms with E-state index in [1.807, 2.05) is 0 Å². The van der Waals surface area contributed by atoms with Gasteiger partial charge in [-0.2, -0.15) is 0 Å². The summed E-state index contributed by atoms with van der Waals surface area (Å²) in [6.07, 6.45) is -0.0530. The number of hydrogen-bond donors (Lipinski definition) is 2. The zero-order chi connectivity index (χ0) is 9.14. The Bertz CT molecular complexity index is 354. The number of aryl methyl sites for hydroxylation is 1. The van der Waals surface area contributed by atoms with Gasteiger partial charge in [0.15, 0.2) is 0 Å². The number of H-pyrrole nitrogens is 1. The Kier molecular flexibility index (Phi) is 2.28. The first-order valence-electron chi connectivity index (χ1n) is 3.50. The summed E-state index contributed by atoms with van der Waals surface area (Å²) >= 11 is 0. The summed E-state index contributed by atoms with van der Waals surface area (Å²) < 4.78 is 0. The van der Waals surface area contributed by atoms with Crippen LogP contribution in [0.3, 0.4) is 0 Å². The maximum absolute atomic E-state index is 10.7. The smallest absolute Gasteiger partial charge is 0.307 e. The fraction of sp³-hybridized carbons (Fsp3) is 0.250. The van der Waals surface area contributed by atoms with Crippen LogP contribution in [0.15, 0.2) is 16.9 Å². The molecule has 0 unspecified atom stereocenters. The van der Waals surface area contributed by atoms with Crippen molar-refractivity contribution in [1.29, 1.82) is 0 Å². The molecule has 0 atom stereocenters. The minimum absolute atomic E-state index is 0.0530. The van der Waals surface area contributed by atoms with E-state index in [-0.39, 0.29) is 12.0 Å². The summed E-state index contributed by atoms with van der Waals surface area (Å²) in [6.45, 7) is 1.68. The minimum Gasteiger partial charge on any atom is -0.481 e. The normalized spacial score (nSPS) is 9.75. The molecule has 1 heterocycles. The lowest BCUT2D eigenvalue weighted by Crippen LogP contribution is -2.10. The monoisotopic (exact) mass is 167 g/mol. The summed E-state index contributed by atoms with van der Waals surface area (Å²) in [7, 11) is 0. The fourth-order valence-electron chi connectivity index (χ4n) is 0.962. The van der Waals surface area contributed by atoms with E-state index in [9.17, 15) is 9.59 Å². The van der Waals surface area contributed by atoms with Gasteiger partial charge in [0.25, 0.3) is 0 Å². The first-order valence-corrected chi connectivity index (χ1v) is 3.50. The van der Waals surface area contributed by atoms with E-state index in [1.54, 1.807) is 6.92 Å². The quantitative estimate of drug-likeness (QED) is 0.666. The van der Waals surface area contributed by atoms with Gasteiger partial charge in [0, 0.05) is 11.8 Å². The summed E-state index contributed by atoms with van der Waals surface area (Å²) in [5, 5.41) is 8.47. The van der Waals surface area contributed by atoms with E-state index in [0.717, 1.165) is 0 Å². The van der Waals surface area contributed by atoms with E-state index in [0.29, 0.717) is 11.3 Å². The van der Waals surface area contributed by atoms with Gasteiger partial charge in [0.05, 0.1) is 6.42 Å². The Morgan fingerprint density at radius 3 is 2.75 bits per heavy atom. The van der Waals surface area contributed by atoms with E-state index in [2.05, 4.69) is 4.98 Å². The van der Waals surface area contributed by atoms with Crippen LogP contribution in [0.5, 0.6) is 0 Å². The number of aromatic nitrogens is 1. The van der Waals surface area contributed by atoms with Crippen molar-refractivity contribution in [1.82, 2.24) is 4.98 Å². The van der Waals surface area contributed by atoms with Crippen LogP contribution in [-0.4, -0.2) is 16.1 Å². The predicted molar refractivity (Wildman–Crippen MR) is 43.1 cm³/mol. The lowest BCUT2D eigenvalue weighted by Gasteiger charge is -1.99. The zero-order valence-corrected chi connectivity index (χ0v) is 6.63. The molecule has 0 spiro atoms. The Morgan fingerprint density at radius 1 is 1.58 bits per heavy atom. The number of nitrogens with one attached hydrogen (secondary N) is 1. The van der Waals surface area contributed by atoms with Crippen LogP contribution in [0.2, 0.25) is 0 Å². The first kappa shape index (κ1) is 8.52. The Morgan fingerprint density at radius 2 is 2.25 bits per heavy atom. The molecule has 0 saturated heterocycles. The van der Waals surface area contributed by atoms with Gasteiger partial charge in [-0.3, -0.25) is 9.59 Å². The number of aliphatic carboxylic acids is 1. The SMILES string of the molecule is Cc1[nH]c(=O)ccc1CC(=O)O. The van der Waals surface area contributed by atoms with E-state index in [4.69, 9.17) is 5.11 Å². The van der Waals surface area contributed by atoms with Crippen molar-refractivity contribution in [3.8, 4) is 0 Å². The molecule has 0 aliphatic carbocycles. The summed E-state index contributed by atoms with van der Waals surface area (Å²) in [5.41, 5.74) is 1.05. The molecule has 1 aromatic heterocycles. The Labute approximate surface area is 68.9 Å². The van der Waals surface area contributed by atoms with Gasteiger partial charge in [-0.1, -0.05) is 6.07 Å². The maximum atomic E-state index is 10.7. The molecule has 64 valence electrons. The predicted octanol–water partition coefficient (Wildman–Crippen LogP) is 0.310. The van der Waals surface area contributed by atoms with Crippen LogP contribution >= 0.6 is 0 Å². The van der Waals surface area contributed by atoms with Crippen LogP contribution in [0.4, 0.5) is 0 Å². The second kappa shape index (κ2) is 3.21. The van der Waals surface area contributed by atoms with Gasteiger partial charge in [-0.05, 0) is 12.5 Å². The summed E-state index contributed by atoms with van der Waals surface area (Å²) in [4.78, 5) is 23.6. The molecule has 0 fully saturated rings. The van der Waals surface area contributed by atoms with Crippen LogP contribution in [0, 0.1) is 6.92 Å². The molecule has 0 amide bonds. The number of hydrogen-bond acceptors (Lipinski definition) is 2. The Balaban J connectivity index is 3.01. The van der Waals surface area contributed by atoms with Crippen LogP contribution in [-0.2, 0) is 11.2 Å². The summed E-state index contributed by atoms with van der Waals surface area (Å²) in [5.74, 6) is -0.898. The van der Waals surface area contributed by atoms with Gasteiger partial charge in [0.1, 0.15) is 0 Å². The molecular formula is C8H9NO3. The molecule has 0 aliphatic heterocycles. The number of carboxylic acids is 1. The highest BCUT2D eigenvalue weighted by atomic mass is 16.4. The third kappa shape index (κ3) is 1.95. The Hall–Kier alpha value is -1.58. The molecule has 0 saturated carbocycles. The fourth-order valence-corrected chi connectivity index (χ4v) is 0.962. The molecule has 1 rings (SSSR count). The highest BCUT2D eigenvalue weighted by Gasteiger charge is 2.03. The van der Waals surface area contributed by atoms with E-state index < -0.39 is 5.97 Å². The van der Waals surface area contributed by atoms with Crippen molar-refractivity contribution in [3.05, 3.63) is 33.7 Å². The van der Waals surface area contributed by atoms with Crippen LogP contribution in [0.1, 0.15) is 11.3 Å². The number of carboxylic acid groups (broad SMARTS) is 1. The van der Waals surface area contributed by atoms with Crippen molar-refractivity contribution in [2.24, 2.45) is 0 Å². The average Bonchev–Trinajstić information content (AvgIpc) is 1.94. The first-order chi connectivity index (χ1) is 5.59. The number of aromatic amines is 1. The third-order valence-corrected chi connectivity index (χ3v) is 1.57. The summed E-state index contributed by atoms with van der Waals surface area (Å²) in [6, 6.07) is 2.85.